The summed E-state index contributed by atoms with van der Waals surface area (Å²) in [7, 11) is 0. The molecule has 3 atom stereocenters. The van der Waals surface area contributed by atoms with E-state index in [0.717, 1.165) is 0 Å². The van der Waals surface area contributed by atoms with Gasteiger partial charge in [0.2, 0.25) is 0 Å². The molecule has 0 bridgehead atoms. The number of benzene rings is 1. The first kappa shape index (κ1) is 15.5. The Morgan fingerprint density at radius 3 is 2.57 bits per heavy atom. The number of esters is 1. The van der Waals surface area contributed by atoms with E-state index in [1.54, 1.807) is 42.2 Å². The lowest BCUT2D eigenvalue weighted by Gasteiger charge is -2.18. The minimum absolute atomic E-state index is 0.118. The standard InChI is InChI=1S/C16H18N2O5/c1-2-23-16(22)11(12-14(20)13(19)10-8-18(10)12)17-15(21)9-6-4-3-5-7-9/h3-7,10,13-14,19-20H,2,8H2,1H3,(H,17,21)/b12-11-/t10-,13+,14+,18?/m0/s1. The van der Waals surface area contributed by atoms with E-state index in [1.807, 2.05) is 0 Å². The van der Waals surface area contributed by atoms with Crippen molar-refractivity contribution in [2.75, 3.05) is 13.2 Å². The number of aliphatic hydroxyl groups is 2. The van der Waals surface area contributed by atoms with E-state index in [2.05, 4.69) is 5.32 Å². The predicted octanol–water partition coefficient (Wildman–Crippen LogP) is -0.389. The summed E-state index contributed by atoms with van der Waals surface area (Å²) >= 11 is 0. The van der Waals surface area contributed by atoms with Crippen molar-refractivity contribution in [2.24, 2.45) is 0 Å². The van der Waals surface area contributed by atoms with E-state index < -0.39 is 24.1 Å². The number of piperidine rings is 1. The number of hydrogen-bond donors (Lipinski definition) is 3. The van der Waals surface area contributed by atoms with Crippen LogP contribution in [0.5, 0.6) is 0 Å². The van der Waals surface area contributed by atoms with Crippen LogP contribution in [0.3, 0.4) is 0 Å². The second kappa shape index (κ2) is 6.02. The van der Waals surface area contributed by atoms with Gasteiger partial charge in [-0.25, -0.2) is 4.79 Å². The van der Waals surface area contributed by atoms with Crippen LogP contribution in [0.15, 0.2) is 41.7 Å². The summed E-state index contributed by atoms with van der Waals surface area (Å²) in [6.45, 7) is 2.33. The SMILES string of the molecule is CCOC(=O)/C(NC(=O)c1ccccc1)=C1\[C@@H](O)[C@H](O)[C@@H]2CN12. The summed E-state index contributed by atoms with van der Waals surface area (Å²) in [4.78, 5) is 26.2. The average Bonchev–Trinajstić information content (AvgIpc) is 3.29. The number of amides is 1. The van der Waals surface area contributed by atoms with Crippen molar-refractivity contribution in [3.8, 4) is 0 Å². The van der Waals surface area contributed by atoms with Gasteiger partial charge in [-0.1, -0.05) is 18.2 Å². The number of fused-ring (bicyclic) bond motifs is 1. The highest BCUT2D eigenvalue weighted by atomic mass is 16.5. The molecular weight excluding hydrogens is 300 g/mol. The molecule has 7 heteroatoms. The summed E-state index contributed by atoms with van der Waals surface area (Å²) in [5.41, 5.74) is 0.475. The average molecular weight is 318 g/mol. The normalized spacial score (nSPS) is 27.3. The highest BCUT2D eigenvalue weighted by molar-refractivity contribution is 6.01. The maximum atomic E-state index is 12.3. The molecule has 2 heterocycles. The number of rotatable bonds is 4. The zero-order valence-corrected chi connectivity index (χ0v) is 12.6. The highest BCUT2D eigenvalue weighted by Gasteiger charge is 2.56. The third-order valence-electron chi connectivity index (χ3n) is 3.97. The predicted molar refractivity (Wildman–Crippen MR) is 80.1 cm³/mol. The Kier molecular flexibility index (Phi) is 4.06. The van der Waals surface area contributed by atoms with Gasteiger partial charge in [0.15, 0.2) is 0 Å². The number of carbonyl (C=O) groups is 2. The summed E-state index contributed by atoms with van der Waals surface area (Å²) in [5.74, 6) is -1.21. The van der Waals surface area contributed by atoms with Gasteiger partial charge in [0.25, 0.3) is 5.91 Å². The first-order valence-corrected chi connectivity index (χ1v) is 7.45. The molecule has 1 aromatic carbocycles. The number of nitrogens with zero attached hydrogens (tertiary/aromatic N) is 1. The molecule has 122 valence electrons. The third-order valence-corrected chi connectivity index (χ3v) is 3.97. The number of nitrogens with one attached hydrogen (secondary N) is 1. The fourth-order valence-corrected chi connectivity index (χ4v) is 2.76. The molecule has 2 aliphatic heterocycles. The van der Waals surface area contributed by atoms with Crippen molar-refractivity contribution < 1.29 is 24.5 Å². The molecule has 0 radical (unpaired) electrons. The number of aliphatic hydroxyl groups excluding tert-OH is 2. The maximum absolute atomic E-state index is 12.3. The van der Waals surface area contributed by atoms with Gasteiger partial charge in [0, 0.05) is 12.1 Å². The molecule has 2 aliphatic rings. The van der Waals surface area contributed by atoms with Crippen molar-refractivity contribution in [3.05, 3.63) is 47.3 Å². The molecular formula is C16H18N2O5. The lowest BCUT2D eigenvalue weighted by Crippen LogP contribution is -2.35. The van der Waals surface area contributed by atoms with Crippen LogP contribution < -0.4 is 5.32 Å². The summed E-state index contributed by atoms with van der Waals surface area (Å²) < 4.78 is 4.97. The van der Waals surface area contributed by atoms with E-state index in [0.29, 0.717) is 12.1 Å². The van der Waals surface area contributed by atoms with Crippen molar-refractivity contribution in [2.45, 2.75) is 25.2 Å². The van der Waals surface area contributed by atoms with Crippen LogP contribution in [0.2, 0.25) is 0 Å². The molecule has 0 spiro atoms. The fraction of sp³-hybridized carbons (Fsp3) is 0.375. The zero-order valence-electron chi connectivity index (χ0n) is 12.6. The minimum atomic E-state index is -1.22. The fourth-order valence-electron chi connectivity index (χ4n) is 2.76. The van der Waals surface area contributed by atoms with Gasteiger partial charge in [-0.2, -0.15) is 0 Å². The van der Waals surface area contributed by atoms with Crippen LogP contribution in [0, 0.1) is 0 Å². The van der Waals surface area contributed by atoms with Crippen molar-refractivity contribution >= 4 is 11.9 Å². The molecule has 0 saturated carbocycles. The molecule has 1 aromatic rings. The Morgan fingerprint density at radius 2 is 2.00 bits per heavy atom. The van der Waals surface area contributed by atoms with Crippen LogP contribution in [0.1, 0.15) is 17.3 Å². The quantitative estimate of drug-likeness (QED) is 0.397. The zero-order chi connectivity index (χ0) is 16.6. The molecule has 3 N–H and O–H groups in total. The molecule has 2 fully saturated rings. The van der Waals surface area contributed by atoms with Gasteiger partial charge in [0.05, 0.1) is 18.3 Å². The first-order valence-electron chi connectivity index (χ1n) is 7.45. The second-order valence-corrected chi connectivity index (χ2v) is 5.46. The van der Waals surface area contributed by atoms with Gasteiger partial charge in [-0.05, 0) is 19.1 Å². The maximum Gasteiger partial charge on any atom is 0.356 e. The van der Waals surface area contributed by atoms with Crippen LogP contribution >= 0.6 is 0 Å². The molecule has 2 saturated heterocycles. The molecule has 3 rings (SSSR count). The van der Waals surface area contributed by atoms with Gasteiger partial charge in [-0.3, -0.25) is 4.79 Å². The minimum Gasteiger partial charge on any atom is -0.461 e. The number of ether oxygens (including phenoxy) is 1. The first-order chi connectivity index (χ1) is 11.0. The van der Waals surface area contributed by atoms with Crippen LogP contribution in [0.25, 0.3) is 0 Å². The van der Waals surface area contributed by atoms with E-state index >= 15 is 0 Å². The Hall–Kier alpha value is -2.38. The molecule has 0 aliphatic carbocycles. The summed E-state index contributed by atoms with van der Waals surface area (Å²) in [5, 5.41) is 22.5. The van der Waals surface area contributed by atoms with E-state index in [-0.39, 0.29) is 24.0 Å². The molecule has 0 aromatic heterocycles. The number of hydrogen-bond acceptors (Lipinski definition) is 6. The van der Waals surface area contributed by atoms with Gasteiger partial charge >= 0.3 is 5.97 Å². The van der Waals surface area contributed by atoms with Crippen LogP contribution in [-0.4, -0.2) is 58.4 Å². The van der Waals surface area contributed by atoms with Crippen molar-refractivity contribution in [1.29, 1.82) is 0 Å². The van der Waals surface area contributed by atoms with Crippen LogP contribution in [-0.2, 0) is 9.53 Å². The Labute approximate surface area is 133 Å². The topological polar surface area (TPSA) is 98.9 Å². The number of carbonyl (C=O) groups excluding carboxylic acids is 2. The Morgan fingerprint density at radius 1 is 1.30 bits per heavy atom. The van der Waals surface area contributed by atoms with Gasteiger partial charge in [0.1, 0.15) is 17.9 Å². The Bertz CT molecular complexity index is 658. The summed E-state index contributed by atoms with van der Waals surface area (Å²) in [6, 6.07) is 8.21. The molecule has 7 nitrogen and oxygen atoms in total. The van der Waals surface area contributed by atoms with E-state index in [9.17, 15) is 19.8 Å². The van der Waals surface area contributed by atoms with Gasteiger partial charge < -0.3 is 25.2 Å². The smallest absolute Gasteiger partial charge is 0.356 e. The van der Waals surface area contributed by atoms with Crippen molar-refractivity contribution in [3.63, 3.8) is 0 Å². The molecule has 1 amide bonds. The Balaban J connectivity index is 1.91. The summed E-state index contributed by atoms with van der Waals surface area (Å²) in [6.07, 6.45) is -2.19. The molecule has 23 heavy (non-hydrogen) atoms. The largest absolute Gasteiger partial charge is 0.461 e. The lowest BCUT2D eigenvalue weighted by atomic mass is 10.1. The monoisotopic (exact) mass is 318 g/mol. The van der Waals surface area contributed by atoms with Crippen LogP contribution in [0.4, 0.5) is 0 Å². The lowest BCUT2D eigenvalue weighted by molar-refractivity contribution is -0.139. The van der Waals surface area contributed by atoms with E-state index in [4.69, 9.17) is 4.74 Å². The molecule has 0 unspecified atom stereocenters. The second-order valence-electron chi connectivity index (χ2n) is 5.46. The van der Waals surface area contributed by atoms with E-state index in [1.165, 1.54) is 0 Å². The third kappa shape index (κ3) is 2.80. The highest BCUT2D eigenvalue weighted by Crippen LogP contribution is 2.40. The van der Waals surface area contributed by atoms with Crippen molar-refractivity contribution in [1.82, 2.24) is 10.2 Å². The van der Waals surface area contributed by atoms with Gasteiger partial charge in [-0.15, -0.1) is 0 Å².